The molecule has 2 heterocycles. The number of primary amides is 1. The molecule has 1 fully saturated rings. The fourth-order valence-electron chi connectivity index (χ4n) is 3.21. The van der Waals surface area contributed by atoms with Gasteiger partial charge in [-0.15, -0.1) is 0 Å². The van der Waals surface area contributed by atoms with Crippen molar-refractivity contribution in [1.82, 2.24) is 9.88 Å². The number of halogens is 5. The van der Waals surface area contributed by atoms with Crippen LogP contribution < -0.4 is 10.6 Å². The van der Waals surface area contributed by atoms with Crippen molar-refractivity contribution in [2.75, 3.05) is 31.1 Å². The molecule has 2 aromatic rings. The Morgan fingerprint density at radius 1 is 1.11 bits per heavy atom. The molecule has 0 spiro atoms. The number of hydrogen-bond acceptors (Lipinski definition) is 4. The van der Waals surface area contributed by atoms with Crippen molar-refractivity contribution in [2.24, 2.45) is 5.73 Å². The van der Waals surface area contributed by atoms with Gasteiger partial charge in [0.2, 0.25) is 5.91 Å². The molecule has 2 N–H and O–H groups in total. The molecule has 0 bridgehead atoms. The molecule has 0 radical (unpaired) electrons. The molecule has 1 atom stereocenters. The minimum atomic E-state index is -4.50. The quantitative estimate of drug-likeness (QED) is 0.798. The van der Waals surface area contributed by atoms with Crippen molar-refractivity contribution in [3.63, 3.8) is 0 Å². The highest BCUT2D eigenvalue weighted by Gasteiger charge is 2.33. The average molecular weight is 433 g/mol. The number of benzene rings is 1. The number of aromatic nitrogens is 1. The summed E-state index contributed by atoms with van der Waals surface area (Å²) in [5.74, 6) is -0.196. The highest BCUT2D eigenvalue weighted by atomic mass is 35.5. The first-order valence-corrected chi connectivity index (χ1v) is 9.19. The lowest BCUT2D eigenvalue weighted by Crippen LogP contribution is -2.50. The van der Waals surface area contributed by atoms with Crippen LogP contribution >= 0.6 is 23.2 Å². The van der Waals surface area contributed by atoms with Gasteiger partial charge < -0.3 is 10.6 Å². The lowest BCUT2D eigenvalue weighted by atomic mass is 10.0. The van der Waals surface area contributed by atoms with Gasteiger partial charge in [0.25, 0.3) is 0 Å². The summed E-state index contributed by atoms with van der Waals surface area (Å²) in [7, 11) is 0. The van der Waals surface area contributed by atoms with Crippen molar-refractivity contribution in [3.8, 4) is 0 Å². The Hall–Kier alpha value is -2.03. The predicted octanol–water partition coefficient (Wildman–Crippen LogP) is 3.76. The van der Waals surface area contributed by atoms with Gasteiger partial charge in [-0.1, -0.05) is 35.3 Å². The number of pyridine rings is 1. The van der Waals surface area contributed by atoms with Gasteiger partial charge in [-0.2, -0.15) is 13.2 Å². The van der Waals surface area contributed by atoms with E-state index < -0.39 is 23.7 Å². The molecule has 10 heteroatoms. The van der Waals surface area contributed by atoms with E-state index in [4.69, 9.17) is 28.9 Å². The first-order valence-electron chi connectivity index (χ1n) is 8.43. The summed E-state index contributed by atoms with van der Waals surface area (Å²) in [5.41, 5.74) is 5.44. The fraction of sp³-hybridized carbons (Fsp3) is 0.333. The van der Waals surface area contributed by atoms with Gasteiger partial charge in [0.15, 0.2) is 0 Å². The Morgan fingerprint density at radius 3 is 2.21 bits per heavy atom. The first kappa shape index (κ1) is 20.7. The van der Waals surface area contributed by atoms with Gasteiger partial charge in [-0.3, -0.25) is 9.69 Å². The maximum Gasteiger partial charge on any atom is 0.417 e. The van der Waals surface area contributed by atoms with Gasteiger partial charge in [0.1, 0.15) is 11.9 Å². The minimum Gasteiger partial charge on any atom is -0.368 e. The first-order chi connectivity index (χ1) is 13.2. The largest absolute Gasteiger partial charge is 0.417 e. The molecule has 0 saturated carbocycles. The molecule has 3 rings (SSSR count). The topological polar surface area (TPSA) is 62.5 Å². The van der Waals surface area contributed by atoms with Crippen LogP contribution in [0.1, 0.15) is 17.2 Å². The monoisotopic (exact) mass is 432 g/mol. The summed E-state index contributed by atoms with van der Waals surface area (Å²) < 4.78 is 38.3. The molecular weight excluding hydrogens is 416 g/mol. The second kappa shape index (κ2) is 8.14. The van der Waals surface area contributed by atoms with Crippen molar-refractivity contribution in [2.45, 2.75) is 12.2 Å². The molecule has 150 valence electrons. The van der Waals surface area contributed by atoms with E-state index in [1.807, 2.05) is 4.90 Å². The third kappa shape index (κ3) is 4.51. The van der Waals surface area contributed by atoms with Crippen LogP contribution in [0.4, 0.5) is 19.0 Å². The number of amides is 1. The van der Waals surface area contributed by atoms with Crippen LogP contribution in [0, 0.1) is 0 Å². The van der Waals surface area contributed by atoms with Crippen molar-refractivity contribution < 1.29 is 18.0 Å². The number of hydrogen-bond donors (Lipinski definition) is 1. The summed E-state index contributed by atoms with van der Waals surface area (Å²) in [6, 6.07) is 7.13. The van der Waals surface area contributed by atoms with Crippen LogP contribution in [0.15, 0.2) is 36.5 Å². The molecule has 1 aromatic heterocycles. The number of alkyl halides is 3. The van der Waals surface area contributed by atoms with Gasteiger partial charge in [-0.25, -0.2) is 4.98 Å². The van der Waals surface area contributed by atoms with E-state index in [9.17, 15) is 18.0 Å². The molecule has 1 amide bonds. The summed E-state index contributed by atoms with van der Waals surface area (Å²) >= 11 is 11.9. The number of anilines is 1. The Bertz CT molecular complexity index is 853. The third-order valence-corrected chi connectivity index (χ3v) is 5.11. The SMILES string of the molecule is NC(=O)C(c1ccc(Cl)cc1)N1CCN(c2ncc(C(F)(F)F)cc2Cl)CC1. The van der Waals surface area contributed by atoms with Crippen LogP contribution in [0.2, 0.25) is 10.0 Å². The zero-order valence-electron chi connectivity index (χ0n) is 14.6. The lowest BCUT2D eigenvalue weighted by molar-refractivity contribution is -0.137. The summed E-state index contributed by atoms with van der Waals surface area (Å²) in [5, 5.41) is 0.493. The normalized spacial score (nSPS) is 16.8. The number of carbonyl (C=O) groups is 1. The van der Waals surface area contributed by atoms with Crippen molar-refractivity contribution in [3.05, 3.63) is 57.7 Å². The van der Waals surface area contributed by atoms with E-state index in [1.54, 1.807) is 29.2 Å². The molecular formula is C18H17Cl2F3N4O. The zero-order chi connectivity index (χ0) is 20.5. The van der Waals surface area contributed by atoms with Crippen molar-refractivity contribution >= 4 is 34.9 Å². The number of carbonyl (C=O) groups excluding carboxylic acids is 1. The number of nitrogens with two attached hydrogens (primary N) is 1. The van der Waals surface area contributed by atoms with E-state index in [0.717, 1.165) is 17.8 Å². The van der Waals surface area contributed by atoms with E-state index in [2.05, 4.69) is 4.98 Å². The maximum absolute atomic E-state index is 12.8. The molecule has 1 aliphatic rings. The third-order valence-electron chi connectivity index (χ3n) is 4.58. The maximum atomic E-state index is 12.8. The number of rotatable bonds is 4. The standard InChI is InChI=1S/C18H17Cl2F3N4O/c19-13-3-1-11(2-4-13)15(16(24)28)26-5-7-27(8-6-26)17-14(20)9-12(10-25-17)18(21,22)23/h1-4,9-10,15H,5-8H2,(H2,24,28). The van der Waals surface area contributed by atoms with Gasteiger partial charge >= 0.3 is 6.18 Å². The van der Waals surface area contributed by atoms with E-state index >= 15 is 0 Å². The van der Waals surface area contributed by atoms with Crippen LogP contribution in [0.25, 0.3) is 0 Å². The Balaban J connectivity index is 1.73. The molecule has 28 heavy (non-hydrogen) atoms. The Labute approximate surface area is 169 Å². The number of piperazine rings is 1. The zero-order valence-corrected chi connectivity index (χ0v) is 16.1. The molecule has 1 aromatic carbocycles. The molecule has 1 aliphatic heterocycles. The second-order valence-corrected chi connectivity index (χ2v) is 7.25. The Morgan fingerprint density at radius 2 is 1.71 bits per heavy atom. The molecule has 5 nitrogen and oxygen atoms in total. The van der Waals surface area contributed by atoms with Crippen LogP contribution in [-0.4, -0.2) is 42.0 Å². The minimum absolute atomic E-state index is 0.0626. The van der Waals surface area contributed by atoms with Crippen molar-refractivity contribution in [1.29, 1.82) is 0 Å². The molecule has 1 unspecified atom stereocenters. The molecule has 1 saturated heterocycles. The number of nitrogens with zero attached hydrogens (tertiary/aromatic N) is 3. The van der Waals surface area contributed by atoms with E-state index in [-0.39, 0.29) is 10.8 Å². The second-order valence-electron chi connectivity index (χ2n) is 6.41. The van der Waals surface area contributed by atoms with Gasteiger partial charge in [0.05, 0.1) is 10.6 Å². The Kier molecular flexibility index (Phi) is 6.02. The average Bonchev–Trinajstić information content (AvgIpc) is 2.63. The highest BCUT2D eigenvalue weighted by molar-refractivity contribution is 6.33. The van der Waals surface area contributed by atoms with Crippen LogP contribution in [0.5, 0.6) is 0 Å². The summed E-state index contributed by atoms with van der Waals surface area (Å²) in [4.78, 5) is 19.6. The van der Waals surface area contributed by atoms with Gasteiger partial charge in [-0.05, 0) is 23.8 Å². The van der Waals surface area contributed by atoms with Crippen LogP contribution in [-0.2, 0) is 11.0 Å². The predicted molar refractivity (Wildman–Crippen MR) is 101 cm³/mol. The van der Waals surface area contributed by atoms with E-state index in [1.165, 1.54) is 0 Å². The summed E-state index contributed by atoms with van der Waals surface area (Å²) in [6.45, 7) is 1.81. The lowest BCUT2D eigenvalue weighted by Gasteiger charge is -2.39. The van der Waals surface area contributed by atoms with E-state index in [0.29, 0.717) is 31.2 Å². The smallest absolute Gasteiger partial charge is 0.368 e. The fourth-order valence-corrected chi connectivity index (χ4v) is 3.62. The van der Waals surface area contributed by atoms with Gasteiger partial charge in [0, 0.05) is 37.4 Å². The molecule has 0 aliphatic carbocycles. The van der Waals surface area contributed by atoms with Crippen LogP contribution in [0.3, 0.4) is 0 Å². The highest BCUT2D eigenvalue weighted by Crippen LogP contribution is 2.34. The summed E-state index contributed by atoms with van der Waals surface area (Å²) in [6.07, 6.45) is -3.73.